The molecule has 5 nitrogen and oxygen atoms in total. The van der Waals surface area contributed by atoms with Crippen LogP contribution in [0.5, 0.6) is 0 Å². The first-order chi connectivity index (χ1) is 12.1. The Kier molecular flexibility index (Phi) is 6.60. The van der Waals surface area contributed by atoms with Crippen LogP contribution in [0.4, 0.5) is 11.4 Å². The van der Waals surface area contributed by atoms with E-state index in [0.29, 0.717) is 16.4 Å². The summed E-state index contributed by atoms with van der Waals surface area (Å²) < 4.78 is 25.7. The van der Waals surface area contributed by atoms with Gasteiger partial charge in [-0.3, -0.25) is 9.10 Å². The molecule has 0 spiro atoms. The van der Waals surface area contributed by atoms with Crippen molar-refractivity contribution in [1.29, 1.82) is 0 Å². The molecule has 0 aliphatic carbocycles. The molecule has 0 fully saturated rings. The molecule has 0 unspecified atom stereocenters. The van der Waals surface area contributed by atoms with E-state index in [2.05, 4.69) is 5.32 Å². The van der Waals surface area contributed by atoms with Gasteiger partial charge in [0.25, 0.3) is 0 Å². The van der Waals surface area contributed by atoms with Gasteiger partial charge in [0.1, 0.15) is 6.04 Å². The summed E-state index contributed by atoms with van der Waals surface area (Å²) >= 11 is 7.69. The molecule has 26 heavy (non-hydrogen) atoms. The van der Waals surface area contributed by atoms with Crippen molar-refractivity contribution in [2.75, 3.05) is 22.1 Å². The van der Waals surface area contributed by atoms with Gasteiger partial charge in [-0.2, -0.15) is 0 Å². The first-order valence-corrected chi connectivity index (χ1v) is 11.3. The van der Waals surface area contributed by atoms with Gasteiger partial charge in [0.05, 0.1) is 11.9 Å². The Morgan fingerprint density at radius 2 is 1.92 bits per heavy atom. The average molecular weight is 413 g/mol. The van der Waals surface area contributed by atoms with Crippen LogP contribution in [0, 0.1) is 6.92 Å². The molecule has 0 aliphatic rings. The molecule has 2 aromatic rings. The lowest BCUT2D eigenvalue weighted by atomic mass is 10.2. The molecule has 0 heterocycles. The zero-order chi connectivity index (χ0) is 19.5. The second-order valence-corrected chi connectivity index (χ2v) is 9.04. The number of hydrogen-bond donors (Lipinski definition) is 1. The number of amides is 1. The maximum Gasteiger partial charge on any atom is 0.247 e. The van der Waals surface area contributed by atoms with Crippen molar-refractivity contribution in [2.24, 2.45) is 0 Å². The summed E-state index contributed by atoms with van der Waals surface area (Å²) in [7, 11) is -3.69. The number of thioether (sulfide) groups is 1. The highest BCUT2D eigenvalue weighted by atomic mass is 35.5. The summed E-state index contributed by atoms with van der Waals surface area (Å²) in [6, 6.07) is 11.3. The van der Waals surface area contributed by atoms with E-state index in [0.717, 1.165) is 21.0 Å². The number of carbonyl (C=O) groups excluding carboxylic acids is 1. The molecular weight excluding hydrogens is 392 g/mol. The lowest BCUT2D eigenvalue weighted by Crippen LogP contribution is -2.45. The zero-order valence-corrected chi connectivity index (χ0v) is 17.4. The maximum atomic E-state index is 12.7. The number of benzene rings is 2. The van der Waals surface area contributed by atoms with Crippen molar-refractivity contribution in [1.82, 2.24) is 0 Å². The third-order valence-corrected chi connectivity index (χ3v) is 6.21. The van der Waals surface area contributed by atoms with Gasteiger partial charge in [0.15, 0.2) is 0 Å². The summed E-state index contributed by atoms with van der Waals surface area (Å²) in [4.78, 5) is 13.7. The minimum Gasteiger partial charge on any atom is -0.324 e. The first-order valence-electron chi connectivity index (χ1n) is 7.84. The number of halogens is 1. The number of carbonyl (C=O) groups is 1. The van der Waals surface area contributed by atoms with Crippen molar-refractivity contribution < 1.29 is 13.2 Å². The summed E-state index contributed by atoms with van der Waals surface area (Å²) in [5.74, 6) is -0.426. The largest absolute Gasteiger partial charge is 0.324 e. The lowest BCUT2D eigenvalue weighted by Gasteiger charge is -2.28. The molecule has 8 heteroatoms. The Morgan fingerprint density at radius 3 is 2.50 bits per heavy atom. The number of nitrogens with one attached hydrogen (secondary N) is 1. The minimum absolute atomic E-state index is 0.351. The molecule has 1 atom stereocenters. The van der Waals surface area contributed by atoms with Crippen molar-refractivity contribution in [3.05, 3.63) is 53.1 Å². The number of nitrogens with zero attached hydrogens (tertiary/aromatic N) is 1. The molecular formula is C18H21ClN2O3S2. The fraction of sp³-hybridized carbons (Fsp3) is 0.278. The fourth-order valence-electron chi connectivity index (χ4n) is 2.48. The van der Waals surface area contributed by atoms with E-state index in [-0.39, 0.29) is 0 Å². The third kappa shape index (κ3) is 4.93. The number of rotatable bonds is 6. The van der Waals surface area contributed by atoms with Gasteiger partial charge < -0.3 is 5.32 Å². The van der Waals surface area contributed by atoms with Gasteiger partial charge in [0.2, 0.25) is 15.9 Å². The van der Waals surface area contributed by atoms with Crippen LogP contribution in [-0.2, 0) is 14.8 Å². The predicted octanol–water partition coefficient (Wildman–Crippen LogP) is 4.16. The fourth-order valence-corrected chi connectivity index (χ4v) is 4.28. The first kappa shape index (κ1) is 20.6. The molecule has 0 bridgehead atoms. The average Bonchev–Trinajstić information content (AvgIpc) is 2.57. The predicted molar refractivity (Wildman–Crippen MR) is 110 cm³/mol. The van der Waals surface area contributed by atoms with Gasteiger partial charge in [-0.25, -0.2) is 8.42 Å². The molecule has 1 N–H and O–H groups in total. The highest BCUT2D eigenvalue weighted by molar-refractivity contribution is 7.98. The van der Waals surface area contributed by atoms with Crippen LogP contribution in [0.2, 0.25) is 5.02 Å². The van der Waals surface area contributed by atoms with Crippen LogP contribution in [0.15, 0.2) is 47.4 Å². The highest BCUT2D eigenvalue weighted by Gasteiger charge is 2.29. The Balaban J connectivity index is 2.32. The van der Waals surface area contributed by atoms with Crippen LogP contribution in [0.1, 0.15) is 12.5 Å². The van der Waals surface area contributed by atoms with Crippen LogP contribution in [0.25, 0.3) is 0 Å². The van der Waals surface area contributed by atoms with Crippen LogP contribution in [-0.4, -0.2) is 32.9 Å². The van der Waals surface area contributed by atoms with E-state index >= 15 is 0 Å². The standard InChI is InChI=1S/C18H21ClN2O3S2/c1-12-8-9-15(11-17(12)19)21(26(4,23)24)13(2)18(22)20-14-6-5-7-16(10-14)25-3/h5-11,13H,1-4H3,(H,20,22)/t13-/m1/s1. The molecule has 0 saturated heterocycles. The molecule has 0 aromatic heterocycles. The van der Waals surface area contributed by atoms with Crippen molar-refractivity contribution in [2.45, 2.75) is 24.8 Å². The van der Waals surface area contributed by atoms with E-state index < -0.39 is 22.0 Å². The summed E-state index contributed by atoms with van der Waals surface area (Å²) in [5, 5.41) is 3.21. The summed E-state index contributed by atoms with van der Waals surface area (Å²) in [6.07, 6.45) is 3.01. The second-order valence-electron chi connectivity index (χ2n) is 5.89. The van der Waals surface area contributed by atoms with Crippen LogP contribution in [0.3, 0.4) is 0 Å². The minimum atomic E-state index is -3.69. The third-order valence-electron chi connectivity index (χ3n) is 3.84. The van der Waals surface area contributed by atoms with Gasteiger partial charge in [-0.15, -0.1) is 11.8 Å². The van der Waals surface area contributed by atoms with Gasteiger partial charge >= 0.3 is 0 Å². The SMILES string of the molecule is CSc1cccc(NC(=O)[C@@H](C)N(c2ccc(C)c(Cl)c2)S(C)(=O)=O)c1. The summed E-state index contributed by atoms with van der Waals surface area (Å²) in [6.45, 7) is 3.37. The number of anilines is 2. The van der Waals surface area contributed by atoms with Gasteiger partial charge in [0, 0.05) is 15.6 Å². The van der Waals surface area contributed by atoms with Crippen molar-refractivity contribution >= 4 is 50.7 Å². The van der Waals surface area contributed by atoms with Gasteiger partial charge in [-0.05, 0) is 56.0 Å². The molecule has 0 saturated carbocycles. The number of aryl methyl sites for hydroxylation is 1. The van der Waals surface area contributed by atoms with Gasteiger partial charge in [-0.1, -0.05) is 23.7 Å². The Bertz CT molecular complexity index is 916. The van der Waals surface area contributed by atoms with E-state index in [1.165, 1.54) is 0 Å². The molecule has 2 rings (SSSR count). The van der Waals surface area contributed by atoms with E-state index in [1.54, 1.807) is 43.0 Å². The molecule has 140 valence electrons. The maximum absolute atomic E-state index is 12.7. The molecule has 0 radical (unpaired) electrons. The Hall–Kier alpha value is -1.70. The second kappa shape index (κ2) is 8.33. The lowest BCUT2D eigenvalue weighted by molar-refractivity contribution is -0.116. The topological polar surface area (TPSA) is 66.5 Å². The van der Waals surface area contributed by atoms with E-state index in [9.17, 15) is 13.2 Å². The van der Waals surface area contributed by atoms with Crippen molar-refractivity contribution in [3.8, 4) is 0 Å². The quantitative estimate of drug-likeness (QED) is 0.723. The molecule has 0 aliphatic heterocycles. The number of hydrogen-bond acceptors (Lipinski definition) is 4. The van der Waals surface area contributed by atoms with E-state index in [1.807, 2.05) is 31.4 Å². The van der Waals surface area contributed by atoms with Crippen LogP contribution < -0.4 is 9.62 Å². The summed E-state index contributed by atoms with van der Waals surface area (Å²) in [5.41, 5.74) is 1.79. The van der Waals surface area contributed by atoms with Crippen molar-refractivity contribution in [3.63, 3.8) is 0 Å². The normalized spacial score (nSPS) is 12.5. The zero-order valence-electron chi connectivity index (χ0n) is 15.0. The van der Waals surface area contributed by atoms with E-state index in [4.69, 9.17) is 11.6 Å². The van der Waals surface area contributed by atoms with Crippen LogP contribution >= 0.6 is 23.4 Å². The highest BCUT2D eigenvalue weighted by Crippen LogP contribution is 2.27. The number of sulfonamides is 1. The smallest absolute Gasteiger partial charge is 0.247 e. The monoisotopic (exact) mass is 412 g/mol. The molecule has 2 aromatic carbocycles. The molecule has 1 amide bonds. The Morgan fingerprint density at radius 1 is 1.23 bits per heavy atom. The Labute approximate surface area is 163 Å².